The molecule has 0 spiro atoms. The lowest BCUT2D eigenvalue weighted by Gasteiger charge is -2.30. The second kappa shape index (κ2) is 10.2. The zero-order valence-electron chi connectivity index (χ0n) is 15.7. The van der Waals surface area contributed by atoms with Gasteiger partial charge in [0.25, 0.3) is 0 Å². The Hall–Kier alpha value is -2.46. The van der Waals surface area contributed by atoms with Crippen molar-refractivity contribution in [1.29, 1.82) is 0 Å². The normalized spacial score (nSPS) is 16.5. The minimum Gasteiger partial charge on any atom is -0.490 e. The van der Waals surface area contributed by atoms with Crippen molar-refractivity contribution in [3.63, 3.8) is 0 Å². The molecule has 7 nitrogen and oxygen atoms in total. The Bertz CT molecular complexity index is 757. The first-order valence-corrected chi connectivity index (χ1v) is 8.94. The Labute approximate surface area is 167 Å². The van der Waals surface area contributed by atoms with Gasteiger partial charge in [0.1, 0.15) is 6.61 Å². The van der Waals surface area contributed by atoms with Crippen LogP contribution in [0.4, 0.5) is 8.78 Å². The van der Waals surface area contributed by atoms with E-state index < -0.39 is 18.6 Å². The van der Waals surface area contributed by atoms with E-state index >= 15 is 0 Å². The number of ether oxygens (including phenoxy) is 4. The molecule has 0 amide bonds. The van der Waals surface area contributed by atoms with Gasteiger partial charge in [-0.2, -0.15) is 8.78 Å². The van der Waals surface area contributed by atoms with Crippen molar-refractivity contribution < 1.29 is 32.5 Å². The second-order valence-electron chi connectivity index (χ2n) is 5.72. The number of methoxy groups -OCH3 is 1. The molecule has 154 valence electrons. The molecule has 1 heterocycles. The van der Waals surface area contributed by atoms with Gasteiger partial charge in [0.05, 0.1) is 24.8 Å². The van der Waals surface area contributed by atoms with Crippen LogP contribution in [-0.4, -0.2) is 44.6 Å². The van der Waals surface area contributed by atoms with Crippen LogP contribution in [0.2, 0.25) is 0 Å². The largest absolute Gasteiger partial charge is 0.490 e. The molecule has 0 saturated carbocycles. The molecule has 0 aromatic heterocycles. The number of carbonyl (C=O) groups is 1. The maximum absolute atomic E-state index is 12.6. The summed E-state index contributed by atoms with van der Waals surface area (Å²) in [5.41, 5.74) is 1.42. The Balaban J connectivity index is 2.38. The zero-order chi connectivity index (χ0) is 20.7. The van der Waals surface area contributed by atoms with Crippen LogP contribution in [0.1, 0.15) is 25.5 Å². The van der Waals surface area contributed by atoms with E-state index in [9.17, 15) is 13.6 Å². The Morgan fingerprint density at radius 3 is 2.68 bits per heavy atom. The molecular weight excluding hydrogens is 394 g/mol. The van der Waals surface area contributed by atoms with Crippen LogP contribution >= 0.6 is 12.2 Å². The Morgan fingerprint density at radius 1 is 1.29 bits per heavy atom. The number of hydrogen-bond acceptors (Lipinski definition) is 6. The molecule has 0 unspecified atom stereocenters. The molecule has 0 aliphatic carbocycles. The van der Waals surface area contributed by atoms with Crippen molar-refractivity contribution in [1.82, 2.24) is 10.6 Å². The molecule has 1 aromatic carbocycles. The van der Waals surface area contributed by atoms with E-state index in [0.717, 1.165) is 0 Å². The van der Waals surface area contributed by atoms with Crippen molar-refractivity contribution in [2.45, 2.75) is 26.5 Å². The van der Waals surface area contributed by atoms with Gasteiger partial charge in [-0.3, -0.25) is 0 Å². The first-order chi connectivity index (χ1) is 13.4. The van der Waals surface area contributed by atoms with Crippen LogP contribution in [0.3, 0.4) is 0 Å². The van der Waals surface area contributed by atoms with Crippen LogP contribution < -0.4 is 20.1 Å². The molecule has 1 aliphatic rings. The zero-order valence-corrected chi connectivity index (χ0v) is 16.5. The maximum atomic E-state index is 12.6. The standard InChI is InChI=1S/C18H22F2N2O5S/c1-4-25-13-9-11(5-6-12(13)27-17(19)20)15-14(10(2)21-18(28)22-15)16(23)26-8-7-24-3/h5-6,9,15,17H,4,7-8H2,1-3H3,(H2,21,22,28)/t15-/m1/s1. The number of halogens is 2. The fourth-order valence-electron chi connectivity index (χ4n) is 2.68. The Kier molecular flexibility index (Phi) is 7.94. The average molecular weight is 416 g/mol. The van der Waals surface area contributed by atoms with Gasteiger partial charge in [0.2, 0.25) is 0 Å². The summed E-state index contributed by atoms with van der Waals surface area (Å²) in [4.78, 5) is 12.6. The summed E-state index contributed by atoms with van der Waals surface area (Å²) in [6.45, 7) is 1.04. The van der Waals surface area contributed by atoms with Crippen LogP contribution in [0.25, 0.3) is 0 Å². The van der Waals surface area contributed by atoms with Crippen molar-refractivity contribution in [3.8, 4) is 11.5 Å². The molecule has 1 atom stereocenters. The number of alkyl halides is 2. The third kappa shape index (κ3) is 5.52. The third-order valence-corrected chi connectivity index (χ3v) is 4.05. The van der Waals surface area contributed by atoms with Crippen LogP contribution in [0.5, 0.6) is 11.5 Å². The predicted octanol–water partition coefficient (Wildman–Crippen LogP) is 2.67. The van der Waals surface area contributed by atoms with E-state index in [2.05, 4.69) is 15.4 Å². The summed E-state index contributed by atoms with van der Waals surface area (Å²) < 4.78 is 45.3. The van der Waals surface area contributed by atoms with Gasteiger partial charge in [-0.05, 0) is 43.8 Å². The van der Waals surface area contributed by atoms with Gasteiger partial charge in [-0.25, -0.2) is 4.79 Å². The topological polar surface area (TPSA) is 78.1 Å². The minimum atomic E-state index is -2.98. The number of esters is 1. The van der Waals surface area contributed by atoms with E-state index in [-0.39, 0.29) is 31.3 Å². The summed E-state index contributed by atoms with van der Waals surface area (Å²) in [7, 11) is 1.50. The lowest BCUT2D eigenvalue weighted by Crippen LogP contribution is -2.45. The number of allylic oxidation sites excluding steroid dienone is 1. The summed E-state index contributed by atoms with van der Waals surface area (Å²) in [5.74, 6) is -0.508. The van der Waals surface area contributed by atoms with E-state index in [0.29, 0.717) is 21.9 Å². The summed E-state index contributed by atoms with van der Waals surface area (Å²) in [6, 6.07) is 3.80. The van der Waals surface area contributed by atoms with Crippen LogP contribution in [0, 0.1) is 0 Å². The van der Waals surface area contributed by atoms with E-state index in [1.165, 1.54) is 19.2 Å². The number of rotatable bonds is 9. The highest BCUT2D eigenvalue weighted by molar-refractivity contribution is 7.80. The monoisotopic (exact) mass is 416 g/mol. The van der Waals surface area contributed by atoms with Gasteiger partial charge in [0, 0.05) is 12.8 Å². The first kappa shape index (κ1) is 21.8. The van der Waals surface area contributed by atoms with Gasteiger partial charge < -0.3 is 29.6 Å². The molecule has 2 N–H and O–H groups in total. The van der Waals surface area contributed by atoms with Crippen molar-refractivity contribution >= 4 is 23.3 Å². The van der Waals surface area contributed by atoms with Crippen LogP contribution in [-0.2, 0) is 14.3 Å². The molecule has 0 radical (unpaired) electrons. The quantitative estimate of drug-likeness (QED) is 0.362. The molecule has 0 fully saturated rings. The highest BCUT2D eigenvalue weighted by Crippen LogP contribution is 2.35. The average Bonchev–Trinajstić information content (AvgIpc) is 2.62. The summed E-state index contributed by atoms with van der Waals surface area (Å²) >= 11 is 5.19. The third-order valence-electron chi connectivity index (χ3n) is 3.83. The van der Waals surface area contributed by atoms with Gasteiger partial charge >= 0.3 is 12.6 Å². The lowest BCUT2D eigenvalue weighted by atomic mass is 9.95. The highest BCUT2D eigenvalue weighted by Gasteiger charge is 2.31. The molecule has 2 rings (SSSR count). The smallest absolute Gasteiger partial charge is 0.387 e. The van der Waals surface area contributed by atoms with E-state index in [1.807, 2.05) is 0 Å². The lowest BCUT2D eigenvalue weighted by molar-refractivity contribution is -0.140. The number of hydrogen-bond donors (Lipinski definition) is 2. The van der Waals surface area contributed by atoms with Crippen molar-refractivity contribution in [2.24, 2.45) is 0 Å². The second-order valence-corrected chi connectivity index (χ2v) is 6.12. The number of thiocarbonyl (C=S) groups is 1. The number of benzene rings is 1. The summed E-state index contributed by atoms with van der Waals surface area (Å²) in [5, 5.41) is 6.21. The van der Waals surface area contributed by atoms with E-state index in [1.54, 1.807) is 19.9 Å². The highest BCUT2D eigenvalue weighted by atomic mass is 32.1. The molecule has 10 heteroatoms. The molecule has 1 aliphatic heterocycles. The van der Waals surface area contributed by atoms with Crippen molar-refractivity contribution in [3.05, 3.63) is 35.0 Å². The fourth-order valence-corrected chi connectivity index (χ4v) is 2.95. The molecular formula is C18H22F2N2O5S. The predicted molar refractivity (Wildman–Crippen MR) is 101 cm³/mol. The molecule has 0 bridgehead atoms. The summed E-state index contributed by atoms with van der Waals surface area (Å²) in [6.07, 6.45) is 0. The number of carbonyl (C=O) groups excluding carboxylic acids is 1. The first-order valence-electron chi connectivity index (χ1n) is 8.53. The Morgan fingerprint density at radius 2 is 2.04 bits per heavy atom. The van der Waals surface area contributed by atoms with Crippen molar-refractivity contribution in [2.75, 3.05) is 26.9 Å². The number of nitrogens with one attached hydrogen (secondary N) is 2. The molecule has 0 saturated heterocycles. The van der Waals surface area contributed by atoms with Gasteiger partial charge in [-0.15, -0.1) is 0 Å². The van der Waals surface area contributed by atoms with Gasteiger partial charge in [-0.1, -0.05) is 6.07 Å². The maximum Gasteiger partial charge on any atom is 0.387 e. The molecule has 1 aromatic rings. The van der Waals surface area contributed by atoms with Crippen LogP contribution in [0.15, 0.2) is 29.5 Å². The van der Waals surface area contributed by atoms with E-state index in [4.69, 9.17) is 26.4 Å². The fraction of sp³-hybridized carbons (Fsp3) is 0.444. The van der Waals surface area contributed by atoms with Gasteiger partial charge in [0.15, 0.2) is 16.6 Å². The SMILES string of the molecule is CCOc1cc([C@H]2NC(=S)NC(C)=C2C(=O)OCCOC)ccc1OC(F)F. The molecule has 28 heavy (non-hydrogen) atoms. The minimum absolute atomic E-state index is 0.0919.